The second kappa shape index (κ2) is 7.54. The van der Waals surface area contributed by atoms with Crippen LogP contribution in [0.1, 0.15) is 19.4 Å². The molecule has 0 radical (unpaired) electrons. The molecule has 7 heteroatoms. The zero-order valence-corrected chi connectivity index (χ0v) is 12.2. The summed E-state index contributed by atoms with van der Waals surface area (Å²) in [5.41, 5.74) is 0.366. The van der Waals surface area contributed by atoms with E-state index in [1.54, 1.807) is 19.9 Å². The Labute approximate surface area is 126 Å². The summed E-state index contributed by atoms with van der Waals surface area (Å²) in [5, 5.41) is 9.20. The molecule has 0 amide bonds. The van der Waals surface area contributed by atoms with Gasteiger partial charge in [-0.2, -0.15) is 0 Å². The molecule has 0 spiro atoms. The van der Waals surface area contributed by atoms with E-state index in [1.165, 1.54) is 24.3 Å². The molecule has 112 valence electrons. The molecule has 6 nitrogen and oxygen atoms in total. The van der Waals surface area contributed by atoms with Crippen LogP contribution in [-0.4, -0.2) is 28.2 Å². The number of ketones is 1. The van der Waals surface area contributed by atoms with Crippen LogP contribution in [0.3, 0.4) is 0 Å². The van der Waals surface area contributed by atoms with Crippen molar-refractivity contribution in [1.82, 2.24) is 0 Å². The number of ether oxygens (including phenoxy) is 1. The van der Waals surface area contributed by atoms with Crippen LogP contribution >= 0.6 is 11.6 Å². The number of halogens is 1. The number of esters is 1. The smallest absolute Gasteiger partial charge is 0.332 e. The SMILES string of the molecule is CC(C)OC(=O)C(Cl)C(=O)C=Cc1cccc([N+](=O)[O-])c1. The molecular weight excluding hydrogens is 298 g/mol. The van der Waals surface area contributed by atoms with Crippen molar-refractivity contribution in [2.24, 2.45) is 0 Å². The Morgan fingerprint density at radius 1 is 1.38 bits per heavy atom. The Kier molecular flexibility index (Phi) is 6.05. The fourth-order valence-corrected chi connectivity index (χ4v) is 1.54. The topological polar surface area (TPSA) is 86.5 Å². The molecule has 1 unspecified atom stereocenters. The molecular formula is C14H14ClNO5. The number of allylic oxidation sites excluding steroid dienone is 1. The highest BCUT2D eigenvalue weighted by Crippen LogP contribution is 2.14. The normalized spacial score (nSPS) is 12.4. The third-order valence-corrected chi connectivity index (χ3v) is 2.72. The second-order valence-corrected chi connectivity index (χ2v) is 4.87. The lowest BCUT2D eigenvalue weighted by Gasteiger charge is -2.09. The van der Waals surface area contributed by atoms with E-state index < -0.39 is 22.1 Å². The quantitative estimate of drug-likeness (QED) is 0.201. The number of nitro groups is 1. The molecule has 0 N–H and O–H groups in total. The molecule has 0 aliphatic rings. The van der Waals surface area contributed by atoms with Gasteiger partial charge in [-0.1, -0.05) is 18.2 Å². The number of carbonyl (C=O) groups is 2. The molecule has 1 atom stereocenters. The number of hydrogen-bond donors (Lipinski definition) is 0. The summed E-state index contributed by atoms with van der Waals surface area (Å²) in [7, 11) is 0. The Hall–Kier alpha value is -2.21. The molecule has 0 fully saturated rings. The maximum Gasteiger partial charge on any atom is 0.332 e. The van der Waals surface area contributed by atoms with Gasteiger partial charge in [0.1, 0.15) is 0 Å². The van der Waals surface area contributed by atoms with Gasteiger partial charge in [0.2, 0.25) is 0 Å². The van der Waals surface area contributed by atoms with Crippen molar-refractivity contribution >= 4 is 35.1 Å². The van der Waals surface area contributed by atoms with E-state index in [0.29, 0.717) is 5.56 Å². The second-order valence-electron chi connectivity index (χ2n) is 4.44. The summed E-state index contributed by atoms with van der Waals surface area (Å²) in [6.07, 6.45) is 2.08. The van der Waals surface area contributed by atoms with Gasteiger partial charge in [0.25, 0.3) is 5.69 Å². The van der Waals surface area contributed by atoms with Gasteiger partial charge in [-0.05, 0) is 25.5 Å². The van der Waals surface area contributed by atoms with Gasteiger partial charge in [0.15, 0.2) is 11.2 Å². The Balaban J connectivity index is 2.76. The molecule has 21 heavy (non-hydrogen) atoms. The minimum absolute atomic E-state index is 0.0914. The van der Waals surface area contributed by atoms with Crippen LogP contribution < -0.4 is 0 Å². The number of nitro benzene ring substituents is 1. The number of non-ortho nitro benzene ring substituents is 1. The van der Waals surface area contributed by atoms with Crippen LogP contribution in [0, 0.1) is 10.1 Å². The minimum Gasteiger partial charge on any atom is -0.462 e. The standard InChI is InChI=1S/C14H14ClNO5/c1-9(2)21-14(18)13(15)12(17)7-6-10-4-3-5-11(8-10)16(19)20/h3-9,13H,1-2H3. The lowest BCUT2D eigenvalue weighted by atomic mass is 10.1. The molecule has 0 saturated carbocycles. The van der Waals surface area contributed by atoms with Crippen molar-refractivity contribution in [1.29, 1.82) is 0 Å². The van der Waals surface area contributed by atoms with Crippen LogP contribution in [0.5, 0.6) is 0 Å². The predicted octanol–water partition coefficient (Wildman–Crippen LogP) is 2.74. The molecule has 1 rings (SSSR count). The molecule has 0 aliphatic heterocycles. The van der Waals surface area contributed by atoms with Gasteiger partial charge in [-0.25, -0.2) is 4.79 Å². The first-order valence-corrected chi connectivity index (χ1v) is 6.56. The largest absolute Gasteiger partial charge is 0.462 e. The first-order valence-electron chi connectivity index (χ1n) is 6.12. The number of nitrogens with zero attached hydrogens (tertiary/aromatic N) is 1. The van der Waals surface area contributed by atoms with E-state index in [4.69, 9.17) is 16.3 Å². The molecule has 0 aliphatic carbocycles. The van der Waals surface area contributed by atoms with Crippen molar-refractivity contribution < 1.29 is 19.2 Å². The van der Waals surface area contributed by atoms with Gasteiger partial charge < -0.3 is 4.74 Å². The van der Waals surface area contributed by atoms with Gasteiger partial charge >= 0.3 is 5.97 Å². The minimum atomic E-state index is -1.43. The molecule has 1 aromatic rings. The summed E-state index contributed by atoms with van der Waals surface area (Å²) in [5.74, 6) is -1.46. The summed E-state index contributed by atoms with van der Waals surface area (Å²) in [6, 6.07) is 5.73. The van der Waals surface area contributed by atoms with Gasteiger partial charge in [-0.3, -0.25) is 14.9 Å². The van der Waals surface area contributed by atoms with Crippen LogP contribution in [0.15, 0.2) is 30.3 Å². The number of alkyl halides is 1. The van der Waals surface area contributed by atoms with Gasteiger partial charge in [0, 0.05) is 12.1 Å². The molecule has 0 aromatic heterocycles. The highest BCUT2D eigenvalue weighted by atomic mass is 35.5. The first-order chi connectivity index (χ1) is 9.81. The maximum absolute atomic E-state index is 11.7. The Morgan fingerprint density at radius 2 is 2.05 bits per heavy atom. The predicted molar refractivity (Wildman–Crippen MR) is 78.0 cm³/mol. The summed E-state index contributed by atoms with van der Waals surface area (Å²) in [4.78, 5) is 33.2. The van der Waals surface area contributed by atoms with Gasteiger partial charge in [0.05, 0.1) is 11.0 Å². The summed E-state index contributed by atoms with van der Waals surface area (Å²) in [6.45, 7) is 3.29. The Morgan fingerprint density at radius 3 is 2.62 bits per heavy atom. The number of carbonyl (C=O) groups excluding carboxylic acids is 2. The lowest BCUT2D eigenvalue weighted by molar-refractivity contribution is -0.384. The van der Waals surface area contributed by atoms with E-state index in [-0.39, 0.29) is 11.8 Å². The molecule has 0 bridgehead atoms. The van der Waals surface area contributed by atoms with E-state index >= 15 is 0 Å². The highest BCUT2D eigenvalue weighted by Gasteiger charge is 2.24. The number of hydrogen-bond acceptors (Lipinski definition) is 5. The fraction of sp³-hybridized carbons (Fsp3) is 0.286. The number of benzene rings is 1. The first kappa shape index (κ1) is 16.8. The van der Waals surface area contributed by atoms with Crippen LogP contribution in [0.2, 0.25) is 0 Å². The average molecular weight is 312 g/mol. The zero-order valence-electron chi connectivity index (χ0n) is 11.5. The van der Waals surface area contributed by atoms with Crippen molar-refractivity contribution in [3.05, 3.63) is 46.0 Å². The summed E-state index contributed by atoms with van der Waals surface area (Å²) >= 11 is 5.69. The number of rotatable bonds is 6. The zero-order chi connectivity index (χ0) is 16.0. The monoisotopic (exact) mass is 311 g/mol. The van der Waals surface area contributed by atoms with Crippen molar-refractivity contribution in [3.63, 3.8) is 0 Å². The lowest BCUT2D eigenvalue weighted by Crippen LogP contribution is -2.27. The Bertz CT molecular complexity index is 582. The van der Waals surface area contributed by atoms with E-state index in [2.05, 4.69) is 0 Å². The average Bonchev–Trinajstić information content (AvgIpc) is 2.43. The maximum atomic E-state index is 11.7. The van der Waals surface area contributed by atoms with Crippen LogP contribution in [-0.2, 0) is 14.3 Å². The van der Waals surface area contributed by atoms with Gasteiger partial charge in [-0.15, -0.1) is 11.6 Å². The molecule has 0 saturated heterocycles. The van der Waals surface area contributed by atoms with Crippen LogP contribution in [0.25, 0.3) is 6.08 Å². The van der Waals surface area contributed by atoms with Crippen molar-refractivity contribution in [2.75, 3.05) is 0 Å². The van der Waals surface area contributed by atoms with Crippen molar-refractivity contribution in [3.8, 4) is 0 Å². The van der Waals surface area contributed by atoms with E-state index in [1.807, 2.05) is 0 Å². The van der Waals surface area contributed by atoms with Crippen LogP contribution in [0.4, 0.5) is 5.69 Å². The molecule has 1 aromatic carbocycles. The third-order valence-electron chi connectivity index (χ3n) is 2.33. The van der Waals surface area contributed by atoms with Crippen molar-refractivity contribution in [2.45, 2.75) is 25.3 Å². The van der Waals surface area contributed by atoms with E-state index in [0.717, 1.165) is 6.08 Å². The van der Waals surface area contributed by atoms with E-state index in [9.17, 15) is 19.7 Å². The molecule has 0 heterocycles. The third kappa shape index (κ3) is 5.35. The fourth-order valence-electron chi connectivity index (χ4n) is 1.41. The summed E-state index contributed by atoms with van der Waals surface area (Å²) < 4.78 is 4.82. The highest BCUT2D eigenvalue weighted by molar-refractivity contribution is 6.42.